The Morgan fingerprint density at radius 2 is 1.86 bits per heavy atom. The molecule has 3 nitrogen and oxygen atoms in total. The summed E-state index contributed by atoms with van der Waals surface area (Å²) >= 11 is 3.41. The first kappa shape index (κ1) is 15.8. The highest BCUT2D eigenvalue weighted by Gasteiger charge is 2.02. The standard InChI is InChI=1S/C16H17BrFNO2/c1-20-8-9-21-15-5-3-14(4-6-15)19-11-12-10-13(18)2-7-16(12)17/h2-7,10,19H,8-9,11H2,1H3. The van der Waals surface area contributed by atoms with Crippen LogP contribution in [0.2, 0.25) is 0 Å². The van der Waals surface area contributed by atoms with Crippen LogP contribution in [0.15, 0.2) is 46.9 Å². The minimum Gasteiger partial charge on any atom is -0.491 e. The van der Waals surface area contributed by atoms with Crippen LogP contribution in [-0.2, 0) is 11.3 Å². The van der Waals surface area contributed by atoms with E-state index in [-0.39, 0.29) is 5.82 Å². The SMILES string of the molecule is COCCOc1ccc(NCc2cc(F)ccc2Br)cc1. The molecule has 0 spiro atoms. The van der Waals surface area contributed by atoms with Crippen LogP contribution in [0.5, 0.6) is 5.75 Å². The van der Waals surface area contributed by atoms with Gasteiger partial charge in [-0.05, 0) is 48.0 Å². The Morgan fingerprint density at radius 1 is 1.10 bits per heavy atom. The van der Waals surface area contributed by atoms with Gasteiger partial charge in [-0.15, -0.1) is 0 Å². The van der Waals surface area contributed by atoms with E-state index < -0.39 is 0 Å². The monoisotopic (exact) mass is 353 g/mol. The quantitative estimate of drug-likeness (QED) is 0.755. The summed E-state index contributed by atoms with van der Waals surface area (Å²) in [4.78, 5) is 0. The molecular weight excluding hydrogens is 337 g/mol. The van der Waals surface area contributed by atoms with Crippen molar-refractivity contribution in [3.63, 3.8) is 0 Å². The largest absolute Gasteiger partial charge is 0.491 e. The molecule has 0 atom stereocenters. The second-order valence-electron chi connectivity index (χ2n) is 4.45. The average molecular weight is 354 g/mol. The van der Waals surface area contributed by atoms with Crippen LogP contribution in [0.4, 0.5) is 10.1 Å². The topological polar surface area (TPSA) is 30.5 Å². The Hall–Kier alpha value is -1.59. The first-order chi connectivity index (χ1) is 10.2. The first-order valence-electron chi connectivity index (χ1n) is 6.58. The molecule has 0 aliphatic heterocycles. The Balaban J connectivity index is 1.90. The third-order valence-electron chi connectivity index (χ3n) is 2.90. The van der Waals surface area contributed by atoms with E-state index in [2.05, 4.69) is 21.2 Å². The van der Waals surface area contributed by atoms with Gasteiger partial charge in [-0.2, -0.15) is 0 Å². The van der Waals surface area contributed by atoms with Crippen molar-refractivity contribution in [2.24, 2.45) is 0 Å². The maximum absolute atomic E-state index is 13.2. The summed E-state index contributed by atoms with van der Waals surface area (Å²) in [7, 11) is 1.64. The fourth-order valence-electron chi connectivity index (χ4n) is 1.79. The van der Waals surface area contributed by atoms with E-state index in [0.717, 1.165) is 21.5 Å². The van der Waals surface area contributed by atoms with Gasteiger partial charge >= 0.3 is 0 Å². The maximum atomic E-state index is 13.2. The summed E-state index contributed by atoms with van der Waals surface area (Å²) in [5.74, 6) is 0.557. The zero-order chi connectivity index (χ0) is 15.1. The van der Waals surface area contributed by atoms with E-state index in [1.54, 1.807) is 13.2 Å². The lowest BCUT2D eigenvalue weighted by atomic mass is 10.2. The fraction of sp³-hybridized carbons (Fsp3) is 0.250. The molecule has 21 heavy (non-hydrogen) atoms. The molecule has 5 heteroatoms. The van der Waals surface area contributed by atoms with Gasteiger partial charge in [0.1, 0.15) is 18.2 Å². The number of anilines is 1. The van der Waals surface area contributed by atoms with Gasteiger partial charge in [-0.3, -0.25) is 0 Å². The summed E-state index contributed by atoms with van der Waals surface area (Å²) in [6.45, 7) is 1.63. The fourth-order valence-corrected chi connectivity index (χ4v) is 2.17. The lowest BCUT2D eigenvalue weighted by Crippen LogP contribution is -2.04. The van der Waals surface area contributed by atoms with Crippen molar-refractivity contribution in [3.8, 4) is 5.75 Å². The predicted octanol–water partition coefficient (Wildman–Crippen LogP) is 4.23. The van der Waals surface area contributed by atoms with Crippen LogP contribution in [0.1, 0.15) is 5.56 Å². The Morgan fingerprint density at radius 3 is 2.57 bits per heavy atom. The molecule has 2 aromatic carbocycles. The van der Waals surface area contributed by atoms with Gasteiger partial charge in [-0.1, -0.05) is 15.9 Å². The number of halogens is 2. The molecule has 112 valence electrons. The van der Waals surface area contributed by atoms with Crippen LogP contribution in [0, 0.1) is 5.82 Å². The highest BCUT2D eigenvalue weighted by molar-refractivity contribution is 9.10. The number of benzene rings is 2. The van der Waals surface area contributed by atoms with Crippen molar-refractivity contribution in [2.45, 2.75) is 6.54 Å². The zero-order valence-corrected chi connectivity index (χ0v) is 13.3. The highest BCUT2D eigenvalue weighted by atomic mass is 79.9. The summed E-state index contributed by atoms with van der Waals surface area (Å²) in [5.41, 5.74) is 1.82. The van der Waals surface area contributed by atoms with Crippen molar-refractivity contribution in [1.29, 1.82) is 0 Å². The molecule has 0 saturated carbocycles. The molecule has 0 aromatic heterocycles. The zero-order valence-electron chi connectivity index (χ0n) is 11.7. The molecular formula is C16H17BrFNO2. The molecule has 0 unspecified atom stereocenters. The number of ether oxygens (including phenoxy) is 2. The minimum absolute atomic E-state index is 0.239. The first-order valence-corrected chi connectivity index (χ1v) is 7.38. The van der Waals surface area contributed by atoms with Gasteiger partial charge in [-0.25, -0.2) is 4.39 Å². The molecule has 0 radical (unpaired) electrons. The number of hydrogen-bond acceptors (Lipinski definition) is 3. The average Bonchev–Trinajstić information content (AvgIpc) is 2.50. The molecule has 0 aliphatic rings. The van der Waals surface area contributed by atoms with Crippen LogP contribution in [-0.4, -0.2) is 20.3 Å². The van der Waals surface area contributed by atoms with Gasteiger partial charge < -0.3 is 14.8 Å². The van der Waals surface area contributed by atoms with Gasteiger partial charge in [0.25, 0.3) is 0 Å². The second kappa shape index (κ2) is 8.00. The molecule has 0 bridgehead atoms. The minimum atomic E-state index is -0.239. The van der Waals surface area contributed by atoms with Gasteiger partial charge in [0, 0.05) is 23.8 Å². The Bertz CT molecular complexity index is 575. The van der Waals surface area contributed by atoms with Crippen LogP contribution >= 0.6 is 15.9 Å². The smallest absolute Gasteiger partial charge is 0.123 e. The number of rotatable bonds is 7. The molecule has 0 fully saturated rings. The summed E-state index contributed by atoms with van der Waals surface area (Å²) in [6, 6.07) is 12.3. The lowest BCUT2D eigenvalue weighted by Gasteiger charge is -2.10. The summed E-state index contributed by atoms with van der Waals surface area (Å²) < 4.78 is 24.5. The summed E-state index contributed by atoms with van der Waals surface area (Å²) in [5, 5.41) is 3.25. The van der Waals surface area contributed by atoms with E-state index >= 15 is 0 Å². The van der Waals surface area contributed by atoms with E-state index in [1.807, 2.05) is 24.3 Å². The molecule has 0 aliphatic carbocycles. The number of methoxy groups -OCH3 is 1. The Kier molecular flexibility index (Phi) is 6.02. The van der Waals surface area contributed by atoms with Gasteiger partial charge in [0.2, 0.25) is 0 Å². The summed E-state index contributed by atoms with van der Waals surface area (Å²) in [6.07, 6.45) is 0. The van der Waals surface area contributed by atoms with Crippen molar-refractivity contribution in [1.82, 2.24) is 0 Å². The van der Waals surface area contributed by atoms with Crippen molar-refractivity contribution < 1.29 is 13.9 Å². The highest BCUT2D eigenvalue weighted by Crippen LogP contribution is 2.20. The van der Waals surface area contributed by atoms with E-state index in [4.69, 9.17) is 9.47 Å². The number of hydrogen-bond donors (Lipinski definition) is 1. The second-order valence-corrected chi connectivity index (χ2v) is 5.31. The molecule has 2 rings (SSSR count). The molecule has 1 N–H and O–H groups in total. The van der Waals surface area contributed by atoms with E-state index in [1.165, 1.54) is 12.1 Å². The third-order valence-corrected chi connectivity index (χ3v) is 3.67. The predicted molar refractivity (Wildman–Crippen MR) is 85.2 cm³/mol. The van der Waals surface area contributed by atoms with Crippen molar-refractivity contribution in [3.05, 3.63) is 58.3 Å². The van der Waals surface area contributed by atoms with Crippen LogP contribution < -0.4 is 10.1 Å². The van der Waals surface area contributed by atoms with Crippen LogP contribution in [0.3, 0.4) is 0 Å². The molecule has 0 amide bonds. The van der Waals surface area contributed by atoms with Gasteiger partial charge in [0.15, 0.2) is 0 Å². The van der Waals surface area contributed by atoms with Crippen LogP contribution in [0.25, 0.3) is 0 Å². The molecule has 2 aromatic rings. The van der Waals surface area contributed by atoms with E-state index in [9.17, 15) is 4.39 Å². The lowest BCUT2D eigenvalue weighted by molar-refractivity contribution is 0.146. The van der Waals surface area contributed by atoms with Crippen molar-refractivity contribution in [2.75, 3.05) is 25.6 Å². The normalized spacial score (nSPS) is 10.4. The molecule has 0 heterocycles. The maximum Gasteiger partial charge on any atom is 0.123 e. The van der Waals surface area contributed by atoms with Gasteiger partial charge in [0.05, 0.1) is 6.61 Å². The van der Waals surface area contributed by atoms with Crippen molar-refractivity contribution >= 4 is 21.6 Å². The number of nitrogens with one attached hydrogen (secondary N) is 1. The molecule has 0 saturated heterocycles. The Labute approximate surface area is 132 Å². The van der Waals surface area contributed by atoms with E-state index in [0.29, 0.717) is 19.8 Å². The third kappa shape index (κ3) is 5.02.